The Bertz CT molecular complexity index is 312. The third-order valence-corrected chi connectivity index (χ3v) is 3.91. The minimum atomic E-state index is -0.804. The molecule has 3 atom stereocenters. The SMILES string of the molecule is CCCC(CNC(=O)C1CC1C1CC1)C(=O)O. The maximum Gasteiger partial charge on any atom is 0.308 e. The van der Waals surface area contributed by atoms with Crippen LogP contribution in [0.25, 0.3) is 0 Å². The molecule has 0 aliphatic heterocycles. The predicted molar refractivity (Wildman–Crippen MR) is 63.4 cm³/mol. The van der Waals surface area contributed by atoms with E-state index in [2.05, 4.69) is 5.32 Å². The monoisotopic (exact) mass is 239 g/mol. The van der Waals surface area contributed by atoms with Gasteiger partial charge in [-0.2, -0.15) is 0 Å². The fourth-order valence-corrected chi connectivity index (χ4v) is 2.58. The molecule has 3 unspecified atom stereocenters. The zero-order valence-corrected chi connectivity index (χ0v) is 10.3. The van der Waals surface area contributed by atoms with E-state index in [1.807, 2.05) is 6.92 Å². The smallest absolute Gasteiger partial charge is 0.308 e. The Morgan fingerprint density at radius 1 is 1.41 bits per heavy atom. The number of carboxylic acids is 1. The van der Waals surface area contributed by atoms with E-state index in [4.69, 9.17) is 5.11 Å². The first-order chi connectivity index (χ1) is 8.13. The van der Waals surface area contributed by atoms with Crippen molar-refractivity contribution in [2.75, 3.05) is 6.54 Å². The second-order valence-electron chi connectivity index (χ2n) is 5.41. The molecule has 2 aliphatic carbocycles. The molecule has 4 heteroatoms. The van der Waals surface area contributed by atoms with Crippen molar-refractivity contribution in [1.82, 2.24) is 5.32 Å². The molecular formula is C13H21NO3. The Kier molecular flexibility index (Phi) is 3.69. The molecular weight excluding hydrogens is 218 g/mol. The van der Waals surface area contributed by atoms with Gasteiger partial charge in [0.15, 0.2) is 0 Å². The number of hydrogen-bond acceptors (Lipinski definition) is 2. The van der Waals surface area contributed by atoms with E-state index in [-0.39, 0.29) is 18.4 Å². The summed E-state index contributed by atoms with van der Waals surface area (Å²) in [5.74, 6) is 0.410. The highest BCUT2D eigenvalue weighted by molar-refractivity contribution is 5.82. The van der Waals surface area contributed by atoms with Gasteiger partial charge in [-0.25, -0.2) is 0 Å². The van der Waals surface area contributed by atoms with Gasteiger partial charge in [-0.05, 0) is 37.5 Å². The number of hydrogen-bond donors (Lipinski definition) is 2. The first kappa shape index (κ1) is 12.4. The first-order valence-electron chi connectivity index (χ1n) is 6.64. The van der Waals surface area contributed by atoms with Gasteiger partial charge in [0.1, 0.15) is 0 Å². The molecule has 0 aromatic carbocycles. The molecule has 2 rings (SSSR count). The standard InChI is InChI=1S/C13H21NO3/c1-2-3-9(13(16)17)7-14-12(15)11-6-10(11)8-4-5-8/h8-11H,2-7H2,1H3,(H,14,15)(H,16,17). The number of nitrogens with one attached hydrogen (secondary N) is 1. The quantitative estimate of drug-likeness (QED) is 0.710. The molecule has 0 saturated heterocycles. The molecule has 2 aliphatic rings. The molecule has 1 amide bonds. The summed E-state index contributed by atoms with van der Waals surface area (Å²) in [6.07, 6.45) is 5.04. The van der Waals surface area contributed by atoms with Gasteiger partial charge in [0.05, 0.1) is 5.92 Å². The Hall–Kier alpha value is -1.06. The fourth-order valence-electron chi connectivity index (χ4n) is 2.58. The highest BCUT2D eigenvalue weighted by Gasteiger charge is 2.51. The Labute approximate surface area is 102 Å². The maximum absolute atomic E-state index is 11.8. The summed E-state index contributed by atoms with van der Waals surface area (Å²) < 4.78 is 0. The lowest BCUT2D eigenvalue weighted by molar-refractivity contribution is -0.142. The molecule has 4 nitrogen and oxygen atoms in total. The normalized spacial score (nSPS) is 28.5. The van der Waals surface area contributed by atoms with Crippen LogP contribution >= 0.6 is 0 Å². The number of carbonyl (C=O) groups is 2. The van der Waals surface area contributed by atoms with E-state index < -0.39 is 11.9 Å². The van der Waals surface area contributed by atoms with Crippen LogP contribution in [0.5, 0.6) is 0 Å². The van der Waals surface area contributed by atoms with Crippen LogP contribution in [0.4, 0.5) is 0 Å². The van der Waals surface area contributed by atoms with Crippen LogP contribution in [0.3, 0.4) is 0 Å². The third kappa shape index (κ3) is 3.20. The van der Waals surface area contributed by atoms with Crippen molar-refractivity contribution in [1.29, 1.82) is 0 Å². The zero-order chi connectivity index (χ0) is 12.4. The summed E-state index contributed by atoms with van der Waals surface area (Å²) in [5.41, 5.74) is 0. The molecule has 96 valence electrons. The molecule has 0 bridgehead atoms. The average molecular weight is 239 g/mol. The van der Waals surface area contributed by atoms with E-state index >= 15 is 0 Å². The number of rotatable bonds is 7. The average Bonchev–Trinajstić information content (AvgIpc) is 3.15. The van der Waals surface area contributed by atoms with E-state index in [0.717, 1.165) is 18.8 Å². The molecule has 0 aromatic rings. The van der Waals surface area contributed by atoms with Crippen LogP contribution in [0.1, 0.15) is 39.0 Å². The number of amides is 1. The minimum Gasteiger partial charge on any atom is -0.481 e. The van der Waals surface area contributed by atoms with Crippen LogP contribution < -0.4 is 5.32 Å². The molecule has 17 heavy (non-hydrogen) atoms. The molecule has 2 N–H and O–H groups in total. The topological polar surface area (TPSA) is 66.4 Å². The van der Waals surface area contributed by atoms with Crippen molar-refractivity contribution in [2.45, 2.75) is 39.0 Å². The molecule has 0 spiro atoms. The van der Waals surface area contributed by atoms with E-state index in [1.165, 1.54) is 12.8 Å². The van der Waals surface area contributed by atoms with Gasteiger partial charge in [-0.15, -0.1) is 0 Å². The van der Waals surface area contributed by atoms with Gasteiger partial charge in [-0.3, -0.25) is 9.59 Å². The van der Waals surface area contributed by atoms with Gasteiger partial charge in [0, 0.05) is 12.5 Å². The van der Waals surface area contributed by atoms with Crippen molar-refractivity contribution in [3.63, 3.8) is 0 Å². The molecule has 0 radical (unpaired) electrons. The van der Waals surface area contributed by atoms with Crippen LogP contribution in [0.15, 0.2) is 0 Å². The van der Waals surface area contributed by atoms with Crippen molar-refractivity contribution >= 4 is 11.9 Å². The Morgan fingerprint density at radius 2 is 2.12 bits per heavy atom. The lowest BCUT2D eigenvalue weighted by Crippen LogP contribution is -2.34. The van der Waals surface area contributed by atoms with Crippen molar-refractivity contribution in [3.05, 3.63) is 0 Å². The van der Waals surface area contributed by atoms with E-state index in [9.17, 15) is 9.59 Å². The lowest BCUT2D eigenvalue weighted by atomic mass is 10.0. The van der Waals surface area contributed by atoms with Gasteiger partial charge >= 0.3 is 5.97 Å². The summed E-state index contributed by atoms with van der Waals surface area (Å²) in [6.45, 7) is 2.25. The van der Waals surface area contributed by atoms with E-state index in [1.54, 1.807) is 0 Å². The highest BCUT2D eigenvalue weighted by atomic mass is 16.4. The first-order valence-corrected chi connectivity index (χ1v) is 6.64. The Balaban J connectivity index is 1.69. The number of carboxylic acid groups (broad SMARTS) is 1. The predicted octanol–water partition coefficient (Wildman–Crippen LogP) is 1.65. The van der Waals surface area contributed by atoms with Gasteiger partial charge in [-0.1, -0.05) is 13.3 Å². The summed E-state index contributed by atoms with van der Waals surface area (Å²) >= 11 is 0. The zero-order valence-electron chi connectivity index (χ0n) is 10.3. The van der Waals surface area contributed by atoms with Gasteiger partial charge < -0.3 is 10.4 Å². The Morgan fingerprint density at radius 3 is 2.65 bits per heavy atom. The second-order valence-corrected chi connectivity index (χ2v) is 5.41. The van der Waals surface area contributed by atoms with Crippen LogP contribution in [0, 0.1) is 23.7 Å². The summed E-state index contributed by atoms with van der Waals surface area (Å²) in [5, 5.41) is 11.8. The van der Waals surface area contributed by atoms with Gasteiger partial charge in [0.2, 0.25) is 5.91 Å². The molecule has 2 saturated carbocycles. The van der Waals surface area contributed by atoms with Crippen LogP contribution in [-0.2, 0) is 9.59 Å². The van der Waals surface area contributed by atoms with Gasteiger partial charge in [0.25, 0.3) is 0 Å². The van der Waals surface area contributed by atoms with Crippen molar-refractivity contribution < 1.29 is 14.7 Å². The summed E-state index contributed by atoms with van der Waals surface area (Å²) in [7, 11) is 0. The van der Waals surface area contributed by atoms with E-state index in [0.29, 0.717) is 12.3 Å². The largest absolute Gasteiger partial charge is 0.481 e. The number of aliphatic carboxylic acids is 1. The van der Waals surface area contributed by atoms with Crippen molar-refractivity contribution in [2.24, 2.45) is 23.7 Å². The maximum atomic E-state index is 11.8. The molecule has 0 heterocycles. The lowest BCUT2D eigenvalue weighted by Gasteiger charge is -2.12. The third-order valence-electron chi connectivity index (χ3n) is 3.91. The highest BCUT2D eigenvalue weighted by Crippen LogP contribution is 2.54. The van der Waals surface area contributed by atoms with Crippen LogP contribution in [-0.4, -0.2) is 23.5 Å². The summed E-state index contributed by atoms with van der Waals surface area (Å²) in [4.78, 5) is 22.7. The minimum absolute atomic E-state index is 0.0734. The molecule has 0 aromatic heterocycles. The molecule has 2 fully saturated rings. The number of carbonyl (C=O) groups excluding carboxylic acids is 1. The summed E-state index contributed by atoms with van der Waals surface area (Å²) in [6, 6.07) is 0. The van der Waals surface area contributed by atoms with Crippen LogP contribution in [0.2, 0.25) is 0 Å². The second kappa shape index (κ2) is 5.07. The fraction of sp³-hybridized carbons (Fsp3) is 0.846. The van der Waals surface area contributed by atoms with Crippen molar-refractivity contribution in [3.8, 4) is 0 Å².